The van der Waals surface area contributed by atoms with Crippen molar-refractivity contribution in [3.8, 4) is 5.75 Å². The summed E-state index contributed by atoms with van der Waals surface area (Å²) < 4.78 is 6.01. The van der Waals surface area contributed by atoms with Gasteiger partial charge in [0.1, 0.15) is 5.75 Å². The van der Waals surface area contributed by atoms with Gasteiger partial charge in [-0.2, -0.15) is 0 Å². The van der Waals surface area contributed by atoms with Gasteiger partial charge in [-0.3, -0.25) is 0 Å². The molecule has 0 radical (unpaired) electrons. The van der Waals surface area contributed by atoms with Crippen LogP contribution in [0.2, 0.25) is 4.34 Å². The number of nitrogens with one attached hydrogen (secondary N) is 1. The van der Waals surface area contributed by atoms with Crippen molar-refractivity contribution in [2.24, 2.45) is 0 Å². The van der Waals surface area contributed by atoms with Crippen LogP contribution in [0.3, 0.4) is 0 Å². The van der Waals surface area contributed by atoms with Gasteiger partial charge < -0.3 is 10.1 Å². The molecule has 0 saturated carbocycles. The Kier molecular flexibility index (Phi) is 3.86. The summed E-state index contributed by atoms with van der Waals surface area (Å²) in [6.07, 6.45) is 0. The highest BCUT2D eigenvalue weighted by Gasteiger charge is 2.16. The summed E-state index contributed by atoms with van der Waals surface area (Å²) in [4.78, 5) is 2.45. The van der Waals surface area contributed by atoms with Gasteiger partial charge in [0, 0.05) is 15.1 Å². The zero-order valence-corrected chi connectivity index (χ0v) is 11.4. The van der Waals surface area contributed by atoms with E-state index in [0.717, 1.165) is 10.1 Å². The van der Waals surface area contributed by atoms with Gasteiger partial charge in [0.15, 0.2) is 0 Å². The third-order valence-corrected chi connectivity index (χ3v) is 4.55. The maximum atomic E-state index is 5.95. The van der Waals surface area contributed by atoms with Crippen LogP contribution in [0.15, 0.2) is 23.6 Å². The fourth-order valence-corrected chi connectivity index (χ4v) is 3.75. The van der Waals surface area contributed by atoms with E-state index in [0.29, 0.717) is 0 Å². The van der Waals surface area contributed by atoms with E-state index in [-0.39, 0.29) is 6.04 Å². The molecule has 0 aliphatic carbocycles. The zero-order chi connectivity index (χ0) is 11.5. The molecule has 0 fully saturated rings. The summed E-state index contributed by atoms with van der Waals surface area (Å²) in [6.45, 7) is 0. The second-order valence-corrected chi connectivity index (χ2v) is 5.94. The second kappa shape index (κ2) is 5.19. The molecule has 2 aromatic rings. The van der Waals surface area contributed by atoms with Crippen molar-refractivity contribution in [2.45, 2.75) is 6.04 Å². The predicted molar refractivity (Wildman–Crippen MR) is 71.1 cm³/mol. The number of rotatable bonds is 4. The molecule has 1 N–H and O–H groups in total. The molecule has 0 aliphatic rings. The molecular formula is C11H12ClNOS2. The Hall–Kier alpha value is -0.550. The highest BCUT2D eigenvalue weighted by atomic mass is 35.5. The molecular weight excluding hydrogens is 262 g/mol. The van der Waals surface area contributed by atoms with Crippen LogP contribution in [0.25, 0.3) is 0 Å². The quantitative estimate of drug-likeness (QED) is 0.915. The maximum Gasteiger partial charge on any atom is 0.129 e. The van der Waals surface area contributed by atoms with Crippen LogP contribution < -0.4 is 10.1 Å². The first-order chi connectivity index (χ1) is 7.74. The Morgan fingerprint density at radius 3 is 2.69 bits per heavy atom. The fourth-order valence-electron chi connectivity index (χ4n) is 1.50. The topological polar surface area (TPSA) is 21.3 Å². The summed E-state index contributed by atoms with van der Waals surface area (Å²) in [5.74, 6) is 0.905. The molecule has 0 spiro atoms. The molecule has 0 aliphatic heterocycles. The molecule has 0 aromatic carbocycles. The van der Waals surface area contributed by atoms with Crippen LogP contribution in [-0.2, 0) is 0 Å². The smallest absolute Gasteiger partial charge is 0.129 e. The monoisotopic (exact) mass is 273 g/mol. The van der Waals surface area contributed by atoms with Gasteiger partial charge in [0.25, 0.3) is 0 Å². The first kappa shape index (κ1) is 11.9. The number of hydrogen-bond donors (Lipinski definition) is 1. The SMILES string of the molecule is CNC(c1cc(OC)cs1)c1ccc(Cl)s1. The van der Waals surface area contributed by atoms with Crippen molar-refractivity contribution in [3.05, 3.63) is 37.7 Å². The summed E-state index contributed by atoms with van der Waals surface area (Å²) in [5, 5.41) is 5.30. The van der Waals surface area contributed by atoms with Crippen molar-refractivity contribution in [3.63, 3.8) is 0 Å². The number of ether oxygens (including phenoxy) is 1. The standard InChI is InChI=1S/C11H12ClNOS2/c1-13-11(8-3-4-10(12)16-8)9-5-7(14-2)6-15-9/h3-6,11,13H,1-2H3. The van der Waals surface area contributed by atoms with Crippen molar-refractivity contribution < 1.29 is 4.74 Å². The van der Waals surface area contributed by atoms with Gasteiger partial charge >= 0.3 is 0 Å². The van der Waals surface area contributed by atoms with Crippen LogP contribution in [0.5, 0.6) is 5.75 Å². The van der Waals surface area contributed by atoms with Gasteiger partial charge in [-0.05, 0) is 25.2 Å². The second-order valence-electron chi connectivity index (χ2n) is 3.25. The molecule has 1 atom stereocenters. The van der Waals surface area contributed by atoms with Gasteiger partial charge in [-0.15, -0.1) is 22.7 Å². The number of hydrogen-bond acceptors (Lipinski definition) is 4. The van der Waals surface area contributed by atoms with E-state index >= 15 is 0 Å². The van der Waals surface area contributed by atoms with E-state index in [1.807, 2.05) is 18.5 Å². The minimum Gasteiger partial charge on any atom is -0.496 e. The Labute approximate surface area is 108 Å². The minimum absolute atomic E-state index is 0.200. The largest absolute Gasteiger partial charge is 0.496 e. The molecule has 86 valence electrons. The normalized spacial score (nSPS) is 12.7. The lowest BCUT2D eigenvalue weighted by Gasteiger charge is -2.11. The molecule has 16 heavy (non-hydrogen) atoms. The van der Waals surface area contributed by atoms with E-state index in [9.17, 15) is 0 Å². The summed E-state index contributed by atoms with van der Waals surface area (Å²) in [7, 11) is 3.63. The number of thiophene rings is 2. The van der Waals surface area contributed by atoms with Gasteiger partial charge in [-0.1, -0.05) is 11.6 Å². The van der Waals surface area contributed by atoms with E-state index < -0.39 is 0 Å². The summed E-state index contributed by atoms with van der Waals surface area (Å²) in [5.41, 5.74) is 0. The molecule has 2 heterocycles. The Balaban J connectivity index is 2.28. The molecule has 5 heteroatoms. The fraction of sp³-hybridized carbons (Fsp3) is 0.273. The molecule has 0 bridgehead atoms. The molecule has 1 unspecified atom stereocenters. The van der Waals surface area contributed by atoms with Gasteiger partial charge in [-0.25, -0.2) is 0 Å². The van der Waals surface area contributed by atoms with E-state index in [1.54, 1.807) is 29.8 Å². The lowest BCUT2D eigenvalue weighted by atomic mass is 10.2. The van der Waals surface area contributed by atoms with Crippen LogP contribution in [-0.4, -0.2) is 14.2 Å². The third kappa shape index (κ3) is 2.40. The van der Waals surface area contributed by atoms with Crippen LogP contribution in [0.4, 0.5) is 0 Å². The van der Waals surface area contributed by atoms with Crippen LogP contribution >= 0.6 is 34.3 Å². The highest BCUT2D eigenvalue weighted by molar-refractivity contribution is 7.16. The zero-order valence-electron chi connectivity index (χ0n) is 8.99. The predicted octanol–water partition coefficient (Wildman–Crippen LogP) is 3.78. The number of methoxy groups -OCH3 is 1. The van der Waals surface area contributed by atoms with Crippen LogP contribution in [0.1, 0.15) is 15.8 Å². The maximum absolute atomic E-state index is 5.95. The first-order valence-electron chi connectivity index (χ1n) is 4.79. The van der Waals surface area contributed by atoms with Crippen molar-refractivity contribution >= 4 is 34.3 Å². The lowest BCUT2D eigenvalue weighted by molar-refractivity contribution is 0.416. The van der Waals surface area contributed by atoms with Crippen LogP contribution in [0, 0.1) is 0 Å². The van der Waals surface area contributed by atoms with E-state index in [2.05, 4.69) is 17.4 Å². The van der Waals surface area contributed by atoms with Crippen molar-refractivity contribution in [1.29, 1.82) is 0 Å². The molecule has 2 nitrogen and oxygen atoms in total. The third-order valence-electron chi connectivity index (χ3n) is 2.28. The van der Waals surface area contributed by atoms with E-state index in [4.69, 9.17) is 16.3 Å². The Morgan fingerprint density at radius 1 is 1.38 bits per heavy atom. The van der Waals surface area contributed by atoms with Crippen molar-refractivity contribution in [2.75, 3.05) is 14.2 Å². The van der Waals surface area contributed by atoms with Gasteiger partial charge in [0.05, 0.1) is 17.5 Å². The lowest BCUT2D eigenvalue weighted by Crippen LogP contribution is -2.14. The average molecular weight is 274 g/mol. The Bertz CT molecular complexity index is 466. The molecule has 0 saturated heterocycles. The summed E-state index contributed by atoms with van der Waals surface area (Å²) >= 11 is 9.24. The van der Waals surface area contributed by atoms with Crippen molar-refractivity contribution in [1.82, 2.24) is 5.32 Å². The summed E-state index contributed by atoms with van der Waals surface area (Å²) in [6, 6.07) is 6.24. The highest BCUT2D eigenvalue weighted by Crippen LogP contribution is 2.35. The number of halogens is 1. The molecule has 2 aromatic heterocycles. The molecule has 2 rings (SSSR count). The first-order valence-corrected chi connectivity index (χ1v) is 6.87. The van der Waals surface area contributed by atoms with E-state index in [1.165, 1.54) is 9.75 Å². The molecule has 0 amide bonds. The van der Waals surface area contributed by atoms with Gasteiger partial charge in [0.2, 0.25) is 0 Å². The average Bonchev–Trinajstić information content (AvgIpc) is 2.89. The minimum atomic E-state index is 0.200. The Morgan fingerprint density at radius 2 is 2.19 bits per heavy atom.